The highest BCUT2D eigenvalue weighted by atomic mass is 19.1. The summed E-state index contributed by atoms with van der Waals surface area (Å²) in [6, 6.07) is 15.9. The summed E-state index contributed by atoms with van der Waals surface area (Å²) in [5.74, 6) is 1.34. The predicted octanol–water partition coefficient (Wildman–Crippen LogP) is 4.25. The molecule has 0 radical (unpaired) electrons. The number of hydrogen-bond donors (Lipinski definition) is 0. The second kappa shape index (κ2) is 7.36. The summed E-state index contributed by atoms with van der Waals surface area (Å²) >= 11 is 0. The van der Waals surface area contributed by atoms with Crippen LogP contribution in [0.1, 0.15) is 18.4 Å². The van der Waals surface area contributed by atoms with E-state index >= 15 is 0 Å². The first-order chi connectivity index (χ1) is 12.7. The Labute approximate surface area is 152 Å². The van der Waals surface area contributed by atoms with E-state index in [1.54, 1.807) is 12.1 Å². The minimum Gasteiger partial charge on any atom is -0.490 e. The molecule has 1 saturated heterocycles. The van der Waals surface area contributed by atoms with Gasteiger partial charge in [-0.2, -0.15) is 0 Å². The Morgan fingerprint density at radius 2 is 1.65 bits per heavy atom. The Kier molecular flexibility index (Phi) is 4.78. The van der Waals surface area contributed by atoms with Crippen LogP contribution in [0.2, 0.25) is 0 Å². The number of carbonyl (C=O) groups is 1. The van der Waals surface area contributed by atoms with E-state index in [2.05, 4.69) is 0 Å². The van der Waals surface area contributed by atoms with Gasteiger partial charge in [0, 0.05) is 13.1 Å². The van der Waals surface area contributed by atoms with Gasteiger partial charge in [-0.15, -0.1) is 0 Å². The molecule has 1 amide bonds. The van der Waals surface area contributed by atoms with Crippen molar-refractivity contribution in [3.63, 3.8) is 0 Å². The van der Waals surface area contributed by atoms with Crippen LogP contribution >= 0.6 is 0 Å². The number of amides is 1. The highest BCUT2D eigenvalue weighted by molar-refractivity contribution is 5.68. The zero-order valence-electron chi connectivity index (χ0n) is 14.5. The largest absolute Gasteiger partial charge is 0.490 e. The minimum atomic E-state index is -0.259. The number of benzene rings is 2. The van der Waals surface area contributed by atoms with Crippen molar-refractivity contribution in [3.05, 3.63) is 66.0 Å². The molecule has 1 aliphatic heterocycles. The standard InChI is InChI=1S/C21H22FNO3/c22-18-6-8-19(9-7-18)26-20-10-16-12-23(13-17(16)11-20)21(24)25-14-15-4-2-1-3-5-15/h1-9,16-17,20H,10-14H2. The van der Waals surface area contributed by atoms with Crippen molar-refractivity contribution in [2.45, 2.75) is 25.6 Å². The highest BCUT2D eigenvalue weighted by Gasteiger charge is 2.43. The van der Waals surface area contributed by atoms with Gasteiger partial charge in [-0.25, -0.2) is 9.18 Å². The number of carbonyl (C=O) groups excluding carboxylic acids is 1. The molecule has 0 N–H and O–H groups in total. The minimum absolute atomic E-state index is 0.137. The average Bonchev–Trinajstić information content (AvgIpc) is 3.21. The van der Waals surface area contributed by atoms with Crippen LogP contribution < -0.4 is 4.74 Å². The van der Waals surface area contributed by atoms with E-state index in [9.17, 15) is 9.18 Å². The first kappa shape index (κ1) is 16.9. The van der Waals surface area contributed by atoms with Crippen LogP contribution in [0.5, 0.6) is 5.75 Å². The maximum absolute atomic E-state index is 13.0. The van der Waals surface area contributed by atoms with Gasteiger partial charge in [-0.1, -0.05) is 30.3 Å². The lowest BCUT2D eigenvalue weighted by Gasteiger charge is -2.20. The van der Waals surface area contributed by atoms with Gasteiger partial charge in [-0.3, -0.25) is 0 Å². The molecule has 136 valence electrons. The van der Waals surface area contributed by atoms with Crippen molar-refractivity contribution in [2.75, 3.05) is 13.1 Å². The molecule has 0 spiro atoms. The van der Waals surface area contributed by atoms with Crippen LogP contribution in [0.25, 0.3) is 0 Å². The molecule has 0 bridgehead atoms. The Balaban J connectivity index is 1.25. The zero-order chi connectivity index (χ0) is 17.9. The molecule has 2 aromatic rings. The molecule has 2 fully saturated rings. The summed E-state index contributed by atoms with van der Waals surface area (Å²) in [7, 11) is 0. The molecule has 2 aliphatic rings. The average molecular weight is 355 g/mol. The molecular weight excluding hydrogens is 333 g/mol. The summed E-state index contributed by atoms with van der Waals surface area (Å²) in [6.45, 7) is 1.75. The van der Waals surface area contributed by atoms with Gasteiger partial charge in [-0.05, 0) is 54.5 Å². The van der Waals surface area contributed by atoms with Crippen molar-refractivity contribution in [1.82, 2.24) is 4.90 Å². The number of likely N-dealkylation sites (tertiary alicyclic amines) is 1. The lowest BCUT2D eigenvalue weighted by atomic mass is 10.0. The quantitative estimate of drug-likeness (QED) is 0.823. The number of ether oxygens (including phenoxy) is 2. The summed E-state index contributed by atoms with van der Waals surface area (Å²) in [6.07, 6.45) is 1.74. The van der Waals surface area contributed by atoms with Gasteiger partial charge >= 0.3 is 6.09 Å². The molecule has 1 saturated carbocycles. The second-order valence-corrected chi connectivity index (χ2v) is 7.13. The van der Waals surface area contributed by atoms with Crippen LogP contribution in [-0.2, 0) is 11.3 Å². The Morgan fingerprint density at radius 3 is 2.31 bits per heavy atom. The van der Waals surface area contributed by atoms with Crippen molar-refractivity contribution < 1.29 is 18.7 Å². The van der Waals surface area contributed by atoms with Gasteiger partial charge in [0.25, 0.3) is 0 Å². The number of nitrogens with zero attached hydrogens (tertiary/aromatic N) is 1. The van der Waals surface area contributed by atoms with Crippen LogP contribution in [0.3, 0.4) is 0 Å². The number of halogens is 1. The van der Waals surface area contributed by atoms with Crippen molar-refractivity contribution in [2.24, 2.45) is 11.8 Å². The lowest BCUT2D eigenvalue weighted by molar-refractivity contribution is 0.0986. The molecule has 2 atom stereocenters. The van der Waals surface area contributed by atoms with Gasteiger partial charge in [0.1, 0.15) is 18.2 Å². The Morgan fingerprint density at radius 1 is 1.00 bits per heavy atom. The maximum Gasteiger partial charge on any atom is 0.410 e. The van der Waals surface area contributed by atoms with Gasteiger partial charge in [0.05, 0.1) is 6.10 Å². The normalized spacial score (nSPS) is 24.3. The first-order valence-electron chi connectivity index (χ1n) is 9.05. The fourth-order valence-electron chi connectivity index (χ4n) is 4.01. The van der Waals surface area contributed by atoms with E-state index in [0.717, 1.165) is 31.5 Å². The molecule has 1 aliphatic carbocycles. The summed E-state index contributed by atoms with van der Waals surface area (Å²) in [4.78, 5) is 14.1. The third-order valence-corrected chi connectivity index (χ3v) is 5.29. The number of hydrogen-bond acceptors (Lipinski definition) is 3. The molecule has 1 heterocycles. The van der Waals surface area contributed by atoms with E-state index < -0.39 is 0 Å². The molecule has 4 nitrogen and oxygen atoms in total. The third kappa shape index (κ3) is 3.82. The molecular formula is C21H22FNO3. The molecule has 4 rings (SSSR count). The van der Waals surface area contributed by atoms with Crippen LogP contribution in [0, 0.1) is 17.7 Å². The second-order valence-electron chi connectivity index (χ2n) is 7.13. The van der Waals surface area contributed by atoms with Crippen LogP contribution in [0.4, 0.5) is 9.18 Å². The predicted molar refractivity (Wildman–Crippen MR) is 95.2 cm³/mol. The van der Waals surface area contributed by atoms with E-state index in [1.165, 1.54) is 12.1 Å². The smallest absolute Gasteiger partial charge is 0.410 e. The first-order valence-corrected chi connectivity index (χ1v) is 9.05. The Hall–Kier alpha value is -2.56. The summed E-state index contributed by atoms with van der Waals surface area (Å²) in [5.41, 5.74) is 0.994. The topological polar surface area (TPSA) is 38.8 Å². The molecule has 26 heavy (non-hydrogen) atoms. The molecule has 2 aromatic carbocycles. The van der Waals surface area contributed by atoms with E-state index in [4.69, 9.17) is 9.47 Å². The Bertz CT molecular complexity index is 736. The SMILES string of the molecule is O=C(OCc1ccccc1)N1CC2CC(Oc3ccc(F)cc3)CC2C1. The number of fused-ring (bicyclic) bond motifs is 1. The van der Waals surface area contributed by atoms with Gasteiger partial charge in [0.2, 0.25) is 0 Å². The van der Waals surface area contributed by atoms with E-state index in [1.807, 2.05) is 35.2 Å². The summed E-state index contributed by atoms with van der Waals surface area (Å²) < 4.78 is 24.4. The lowest BCUT2D eigenvalue weighted by Crippen LogP contribution is -2.31. The van der Waals surface area contributed by atoms with E-state index in [0.29, 0.717) is 24.2 Å². The zero-order valence-corrected chi connectivity index (χ0v) is 14.5. The number of rotatable bonds is 4. The van der Waals surface area contributed by atoms with Crippen molar-refractivity contribution in [1.29, 1.82) is 0 Å². The van der Waals surface area contributed by atoms with Crippen LogP contribution in [-0.4, -0.2) is 30.2 Å². The molecule has 2 unspecified atom stereocenters. The highest BCUT2D eigenvalue weighted by Crippen LogP contribution is 2.40. The maximum atomic E-state index is 13.0. The molecule has 5 heteroatoms. The summed E-state index contributed by atoms with van der Waals surface area (Å²) in [5, 5.41) is 0. The fourth-order valence-corrected chi connectivity index (χ4v) is 4.01. The van der Waals surface area contributed by atoms with Crippen LogP contribution in [0.15, 0.2) is 54.6 Å². The van der Waals surface area contributed by atoms with Crippen molar-refractivity contribution >= 4 is 6.09 Å². The van der Waals surface area contributed by atoms with Crippen molar-refractivity contribution in [3.8, 4) is 5.75 Å². The monoisotopic (exact) mass is 355 g/mol. The van der Waals surface area contributed by atoms with E-state index in [-0.39, 0.29) is 18.0 Å². The molecule has 0 aromatic heterocycles. The van der Waals surface area contributed by atoms with Gasteiger partial charge in [0.15, 0.2) is 0 Å². The fraction of sp³-hybridized carbons (Fsp3) is 0.381. The third-order valence-electron chi connectivity index (χ3n) is 5.29. The van der Waals surface area contributed by atoms with Gasteiger partial charge < -0.3 is 14.4 Å².